The number of thioether (sulfide) groups is 1. The van der Waals surface area contributed by atoms with Crippen LogP contribution in [-0.2, 0) is 11.2 Å². The van der Waals surface area contributed by atoms with Gasteiger partial charge in [0.1, 0.15) is 5.03 Å². The second-order valence-electron chi connectivity index (χ2n) is 7.30. The minimum absolute atomic E-state index is 0.186. The van der Waals surface area contributed by atoms with E-state index in [-0.39, 0.29) is 5.91 Å². The predicted octanol–water partition coefficient (Wildman–Crippen LogP) is 4.11. The summed E-state index contributed by atoms with van der Waals surface area (Å²) in [6, 6.07) is 18.3. The molecule has 0 spiro atoms. The molecule has 1 aliphatic heterocycles. The molecular formula is C23H24N4OS. The summed E-state index contributed by atoms with van der Waals surface area (Å²) in [6.45, 7) is 1.70. The standard InChI is InChI=1S/C23H24N4OS/c28-23(27-13-10-19(11-14-27)15-18-5-2-1-3-6-18)17-29-22-9-8-21(25-26-22)20-7-4-12-24-16-20/h1-9,12,16,19H,10-11,13-15,17H2. The van der Waals surface area contributed by atoms with Gasteiger partial charge in [-0.1, -0.05) is 42.1 Å². The van der Waals surface area contributed by atoms with Crippen LogP contribution in [0.15, 0.2) is 72.0 Å². The molecule has 5 nitrogen and oxygen atoms in total. The van der Waals surface area contributed by atoms with Crippen LogP contribution in [-0.4, -0.2) is 44.8 Å². The lowest BCUT2D eigenvalue weighted by Crippen LogP contribution is -2.39. The van der Waals surface area contributed by atoms with E-state index in [1.807, 2.05) is 29.2 Å². The molecule has 0 saturated carbocycles. The van der Waals surface area contributed by atoms with Crippen LogP contribution in [0.4, 0.5) is 0 Å². The molecule has 0 bridgehead atoms. The van der Waals surface area contributed by atoms with Crippen LogP contribution in [0.1, 0.15) is 18.4 Å². The molecule has 1 aliphatic rings. The van der Waals surface area contributed by atoms with Crippen molar-refractivity contribution in [2.75, 3.05) is 18.8 Å². The zero-order valence-corrected chi connectivity index (χ0v) is 17.1. The van der Waals surface area contributed by atoms with Gasteiger partial charge in [-0.2, -0.15) is 0 Å². The van der Waals surface area contributed by atoms with Crippen molar-refractivity contribution < 1.29 is 4.79 Å². The highest BCUT2D eigenvalue weighted by Crippen LogP contribution is 2.23. The average Bonchev–Trinajstić information content (AvgIpc) is 2.80. The maximum Gasteiger partial charge on any atom is 0.232 e. The highest BCUT2D eigenvalue weighted by molar-refractivity contribution is 7.99. The van der Waals surface area contributed by atoms with Crippen molar-refractivity contribution in [1.82, 2.24) is 20.1 Å². The molecule has 0 N–H and O–H groups in total. The number of pyridine rings is 1. The number of nitrogens with zero attached hydrogens (tertiary/aromatic N) is 4. The van der Waals surface area contributed by atoms with Crippen molar-refractivity contribution in [3.63, 3.8) is 0 Å². The zero-order chi connectivity index (χ0) is 19.9. The molecule has 3 heterocycles. The van der Waals surface area contributed by atoms with Crippen molar-refractivity contribution in [1.29, 1.82) is 0 Å². The SMILES string of the molecule is O=C(CSc1ccc(-c2cccnc2)nn1)N1CCC(Cc2ccccc2)CC1. The molecule has 1 aromatic carbocycles. The fourth-order valence-corrected chi connectivity index (χ4v) is 4.34. The van der Waals surface area contributed by atoms with Crippen LogP contribution in [0.2, 0.25) is 0 Å². The van der Waals surface area contributed by atoms with E-state index in [0.29, 0.717) is 11.7 Å². The van der Waals surface area contributed by atoms with Gasteiger partial charge in [0.2, 0.25) is 5.91 Å². The van der Waals surface area contributed by atoms with E-state index in [9.17, 15) is 4.79 Å². The maximum absolute atomic E-state index is 12.6. The average molecular weight is 405 g/mol. The predicted molar refractivity (Wildman–Crippen MR) is 115 cm³/mol. The van der Waals surface area contributed by atoms with Crippen LogP contribution >= 0.6 is 11.8 Å². The Kier molecular flexibility index (Phi) is 6.52. The summed E-state index contributed by atoms with van der Waals surface area (Å²) in [6.07, 6.45) is 6.76. The van der Waals surface area contributed by atoms with Gasteiger partial charge in [0.25, 0.3) is 0 Å². The minimum atomic E-state index is 0.186. The molecule has 0 unspecified atom stereocenters. The number of likely N-dealkylation sites (tertiary alicyclic amines) is 1. The third-order valence-corrected chi connectivity index (χ3v) is 6.18. The number of amides is 1. The molecule has 2 aromatic heterocycles. The topological polar surface area (TPSA) is 59.0 Å². The molecule has 1 fully saturated rings. The molecule has 29 heavy (non-hydrogen) atoms. The number of carbonyl (C=O) groups excluding carboxylic acids is 1. The Balaban J connectivity index is 1.23. The van der Waals surface area contributed by atoms with Crippen molar-refractivity contribution in [3.05, 3.63) is 72.6 Å². The van der Waals surface area contributed by atoms with Gasteiger partial charge in [-0.05, 0) is 55.0 Å². The van der Waals surface area contributed by atoms with E-state index < -0.39 is 0 Å². The first-order chi connectivity index (χ1) is 14.3. The van der Waals surface area contributed by atoms with Gasteiger partial charge >= 0.3 is 0 Å². The number of benzene rings is 1. The molecule has 0 aliphatic carbocycles. The Labute approximate surface area is 175 Å². The Bertz CT molecular complexity index is 911. The monoisotopic (exact) mass is 404 g/mol. The van der Waals surface area contributed by atoms with Crippen molar-refractivity contribution in [2.45, 2.75) is 24.3 Å². The molecule has 1 amide bonds. The molecule has 3 aromatic rings. The van der Waals surface area contributed by atoms with Crippen molar-refractivity contribution >= 4 is 17.7 Å². The number of hydrogen-bond acceptors (Lipinski definition) is 5. The molecule has 148 valence electrons. The summed E-state index contributed by atoms with van der Waals surface area (Å²) in [5, 5.41) is 9.27. The third-order valence-electron chi connectivity index (χ3n) is 5.28. The number of piperidine rings is 1. The first-order valence-electron chi connectivity index (χ1n) is 9.96. The van der Waals surface area contributed by atoms with E-state index in [1.54, 1.807) is 12.4 Å². The molecule has 0 atom stereocenters. The summed E-state index contributed by atoms with van der Waals surface area (Å²) in [5.74, 6) is 1.26. The smallest absolute Gasteiger partial charge is 0.232 e. The van der Waals surface area contributed by atoms with E-state index >= 15 is 0 Å². The van der Waals surface area contributed by atoms with Gasteiger partial charge in [0.05, 0.1) is 11.4 Å². The second-order valence-corrected chi connectivity index (χ2v) is 8.30. The van der Waals surface area contributed by atoms with Crippen LogP contribution in [0, 0.1) is 5.92 Å². The fourth-order valence-electron chi connectivity index (χ4n) is 3.63. The molecule has 6 heteroatoms. The third kappa shape index (κ3) is 5.41. The number of hydrogen-bond donors (Lipinski definition) is 0. The summed E-state index contributed by atoms with van der Waals surface area (Å²) < 4.78 is 0. The molecular weight excluding hydrogens is 380 g/mol. The van der Waals surface area contributed by atoms with Crippen LogP contribution in [0.5, 0.6) is 0 Å². The molecule has 4 rings (SSSR count). The first kappa shape index (κ1) is 19.6. The highest BCUT2D eigenvalue weighted by atomic mass is 32.2. The van der Waals surface area contributed by atoms with Crippen molar-refractivity contribution in [2.24, 2.45) is 5.92 Å². The van der Waals surface area contributed by atoms with Gasteiger partial charge < -0.3 is 4.90 Å². The summed E-state index contributed by atoms with van der Waals surface area (Å²) >= 11 is 1.45. The lowest BCUT2D eigenvalue weighted by Gasteiger charge is -2.32. The lowest BCUT2D eigenvalue weighted by atomic mass is 9.90. The minimum Gasteiger partial charge on any atom is -0.342 e. The van der Waals surface area contributed by atoms with Crippen molar-refractivity contribution in [3.8, 4) is 11.3 Å². The Morgan fingerprint density at radius 2 is 1.83 bits per heavy atom. The van der Waals surface area contributed by atoms with Crippen LogP contribution in [0.25, 0.3) is 11.3 Å². The Hall–Kier alpha value is -2.73. The normalized spacial score (nSPS) is 14.7. The van der Waals surface area contributed by atoms with Gasteiger partial charge in [-0.3, -0.25) is 9.78 Å². The number of carbonyl (C=O) groups is 1. The largest absolute Gasteiger partial charge is 0.342 e. The molecule has 0 radical (unpaired) electrons. The summed E-state index contributed by atoms with van der Waals surface area (Å²) in [5.41, 5.74) is 3.11. The number of rotatable bonds is 6. The van der Waals surface area contributed by atoms with Crippen LogP contribution < -0.4 is 0 Å². The van der Waals surface area contributed by atoms with E-state index in [4.69, 9.17) is 0 Å². The Morgan fingerprint density at radius 1 is 1.00 bits per heavy atom. The van der Waals surface area contributed by atoms with E-state index in [2.05, 4.69) is 45.5 Å². The molecule has 1 saturated heterocycles. The van der Waals surface area contributed by atoms with Crippen LogP contribution in [0.3, 0.4) is 0 Å². The summed E-state index contributed by atoms with van der Waals surface area (Å²) in [4.78, 5) is 18.7. The Morgan fingerprint density at radius 3 is 2.52 bits per heavy atom. The van der Waals surface area contributed by atoms with Gasteiger partial charge in [-0.15, -0.1) is 10.2 Å². The highest BCUT2D eigenvalue weighted by Gasteiger charge is 2.23. The zero-order valence-electron chi connectivity index (χ0n) is 16.3. The maximum atomic E-state index is 12.6. The lowest BCUT2D eigenvalue weighted by molar-refractivity contribution is -0.129. The second kappa shape index (κ2) is 9.65. The van der Waals surface area contributed by atoms with E-state index in [0.717, 1.165) is 48.6 Å². The van der Waals surface area contributed by atoms with Gasteiger partial charge in [0.15, 0.2) is 0 Å². The quantitative estimate of drug-likeness (QED) is 0.579. The van der Waals surface area contributed by atoms with Gasteiger partial charge in [0, 0.05) is 31.0 Å². The van der Waals surface area contributed by atoms with E-state index in [1.165, 1.54) is 17.3 Å². The first-order valence-corrected chi connectivity index (χ1v) is 10.9. The summed E-state index contributed by atoms with van der Waals surface area (Å²) in [7, 11) is 0. The fraction of sp³-hybridized carbons (Fsp3) is 0.304. The number of aromatic nitrogens is 3. The van der Waals surface area contributed by atoms with Gasteiger partial charge in [-0.25, -0.2) is 0 Å².